The number of likely N-dealkylation sites (tertiary alicyclic amines) is 1. The molecule has 1 aliphatic heterocycles. The molecule has 1 saturated heterocycles. The summed E-state index contributed by atoms with van der Waals surface area (Å²) in [6, 6.07) is 4.69. The summed E-state index contributed by atoms with van der Waals surface area (Å²) < 4.78 is 13.7. The first kappa shape index (κ1) is 16.4. The first-order chi connectivity index (χ1) is 9.97. The molecule has 1 heterocycles. The zero-order valence-electron chi connectivity index (χ0n) is 12.5. The Balaban J connectivity index is 2.01. The van der Waals surface area contributed by atoms with Crippen LogP contribution in [-0.4, -0.2) is 36.5 Å². The van der Waals surface area contributed by atoms with Gasteiger partial charge in [0.15, 0.2) is 0 Å². The number of carbonyl (C=O) groups excluding carboxylic acids is 1. The third kappa shape index (κ3) is 4.51. The van der Waals surface area contributed by atoms with Gasteiger partial charge in [-0.25, -0.2) is 4.39 Å². The molecule has 1 unspecified atom stereocenters. The number of carbonyl (C=O) groups is 1. The minimum absolute atomic E-state index is 0.0175. The molecule has 0 aliphatic carbocycles. The van der Waals surface area contributed by atoms with E-state index in [-0.39, 0.29) is 11.7 Å². The van der Waals surface area contributed by atoms with Crippen LogP contribution in [0.3, 0.4) is 0 Å². The van der Waals surface area contributed by atoms with Gasteiger partial charge in [-0.3, -0.25) is 4.79 Å². The van der Waals surface area contributed by atoms with Crippen LogP contribution in [0, 0.1) is 11.7 Å². The summed E-state index contributed by atoms with van der Waals surface area (Å²) in [5.74, 6) is 0.136. The second kappa shape index (κ2) is 7.36. The fourth-order valence-corrected chi connectivity index (χ4v) is 3.17. The SMILES string of the molecule is CC(C)NCC1CCCN(C(=O)c2ccc(F)cc2Br)C1. The van der Waals surface area contributed by atoms with Crippen LogP contribution in [0.2, 0.25) is 0 Å². The summed E-state index contributed by atoms with van der Waals surface area (Å²) in [5.41, 5.74) is 0.536. The van der Waals surface area contributed by atoms with Crippen LogP contribution < -0.4 is 5.32 Å². The number of piperidine rings is 1. The largest absolute Gasteiger partial charge is 0.338 e. The van der Waals surface area contributed by atoms with Gasteiger partial charge in [0.2, 0.25) is 0 Å². The molecule has 1 aromatic carbocycles. The molecule has 1 aliphatic rings. The van der Waals surface area contributed by atoms with Gasteiger partial charge in [-0.1, -0.05) is 13.8 Å². The van der Waals surface area contributed by atoms with E-state index in [0.29, 0.717) is 22.0 Å². The summed E-state index contributed by atoms with van der Waals surface area (Å²) in [4.78, 5) is 14.5. The third-order valence-electron chi connectivity index (χ3n) is 3.78. The summed E-state index contributed by atoms with van der Waals surface area (Å²) in [6.07, 6.45) is 2.17. The molecule has 1 fully saturated rings. The number of hydrogen-bond donors (Lipinski definition) is 1. The highest BCUT2D eigenvalue weighted by Gasteiger charge is 2.25. The molecule has 0 saturated carbocycles. The van der Waals surface area contributed by atoms with E-state index in [1.54, 1.807) is 6.07 Å². The van der Waals surface area contributed by atoms with Crippen molar-refractivity contribution in [3.8, 4) is 0 Å². The lowest BCUT2D eigenvalue weighted by Gasteiger charge is -2.33. The zero-order chi connectivity index (χ0) is 15.4. The highest BCUT2D eigenvalue weighted by Crippen LogP contribution is 2.23. The van der Waals surface area contributed by atoms with Gasteiger partial charge < -0.3 is 10.2 Å². The van der Waals surface area contributed by atoms with E-state index in [1.165, 1.54) is 12.1 Å². The van der Waals surface area contributed by atoms with Gasteiger partial charge in [-0.05, 0) is 59.4 Å². The van der Waals surface area contributed by atoms with Crippen molar-refractivity contribution < 1.29 is 9.18 Å². The van der Waals surface area contributed by atoms with Crippen molar-refractivity contribution in [2.24, 2.45) is 5.92 Å². The number of rotatable bonds is 4. The van der Waals surface area contributed by atoms with E-state index in [0.717, 1.165) is 32.5 Å². The van der Waals surface area contributed by atoms with E-state index in [4.69, 9.17) is 0 Å². The number of nitrogens with one attached hydrogen (secondary N) is 1. The summed E-state index contributed by atoms with van der Waals surface area (Å²) in [5, 5.41) is 3.44. The van der Waals surface area contributed by atoms with Crippen LogP contribution in [-0.2, 0) is 0 Å². The number of nitrogens with zero attached hydrogens (tertiary/aromatic N) is 1. The molecule has 116 valence electrons. The molecular formula is C16H22BrFN2O. The second-order valence-corrected chi connectivity index (χ2v) is 6.80. The Morgan fingerprint density at radius 1 is 1.52 bits per heavy atom. The van der Waals surface area contributed by atoms with E-state index in [1.807, 2.05) is 4.90 Å². The van der Waals surface area contributed by atoms with Crippen molar-refractivity contribution in [3.63, 3.8) is 0 Å². The lowest BCUT2D eigenvalue weighted by atomic mass is 9.97. The summed E-state index contributed by atoms with van der Waals surface area (Å²) >= 11 is 3.28. The van der Waals surface area contributed by atoms with E-state index in [9.17, 15) is 9.18 Å². The van der Waals surface area contributed by atoms with Gasteiger partial charge in [-0.2, -0.15) is 0 Å². The Kier molecular flexibility index (Phi) is 5.76. The Morgan fingerprint density at radius 2 is 2.29 bits per heavy atom. The van der Waals surface area contributed by atoms with Gasteiger partial charge in [0.05, 0.1) is 5.56 Å². The summed E-state index contributed by atoms with van der Waals surface area (Å²) in [7, 11) is 0. The Bertz CT molecular complexity index is 507. The first-order valence-corrected chi connectivity index (χ1v) is 8.24. The molecular weight excluding hydrogens is 335 g/mol. The van der Waals surface area contributed by atoms with Crippen molar-refractivity contribution in [2.75, 3.05) is 19.6 Å². The molecule has 2 rings (SSSR count). The maximum Gasteiger partial charge on any atom is 0.255 e. The fourth-order valence-electron chi connectivity index (χ4n) is 2.65. The highest BCUT2D eigenvalue weighted by molar-refractivity contribution is 9.10. The lowest BCUT2D eigenvalue weighted by molar-refractivity contribution is 0.0671. The quantitative estimate of drug-likeness (QED) is 0.895. The average Bonchev–Trinajstić information content (AvgIpc) is 2.45. The molecule has 1 N–H and O–H groups in total. The lowest BCUT2D eigenvalue weighted by Crippen LogP contribution is -2.43. The average molecular weight is 357 g/mol. The molecule has 1 amide bonds. The van der Waals surface area contributed by atoms with Crippen LogP contribution >= 0.6 is 15.9 Å². The fraction of sp³-hybridized carbons (Fsp3) is 0.562. The van der Waals surface area contributed by atoms with Crippen LogP contribution in [0.1, 0.15) is 37.0 Å². The van der Waals surface area contributed by atoms with Gasteiger partial charge in [0.1, 0.15) is 5.82 Å². The van der Waals surface area contributed by atoms with Crippen molar-refractivity contribution in [3.05, 3.63) is 34.1 Å². The number of benzene rings is 1. The van der Waals surface area contributed by atoms with Crippen LogP contribution in [0.4, 0.5) is 4.39 Å². The van der Waals surface area contributed by atoms with Gasteiger partial charge in [0, 0.05) is 23.6 Å². The maximum atomic E-state index is 13.1. The van der Waals surface area contributed by atoms with Gasteiger partial charge in [0.25, 0.3) is 5.91 Å². The monoisotopic (exact) mass is 356 g/mol. The molecule has 0 radical (unpaired) electrons. The van der Waals surface area contributed by atoms with Crippen LogP contribution in [0.5, 0.6) is 0 Å². The predicted molar refractivity (Wildman–Crippen MR) is 85.9 cm³/mol. The Morgan fingerprint density at radius 3 is 2.95 bits per heavy atom. The van der Waals surface area contributed by atoms with E-state index in [2.05, 4.69) is 35.1 Å². The molecule has 0 aromatic heterocycles. The molecule has 21 heavy (non-hydrogen) atoms. The smallest absolute Gasteiger partial charge is 0.255 e. The normalized spacial score (nSPS) is 19.1. The van der Waals surface area contributed by atoms with Crippen molar-refractivity contribution in [1.82, 2.24) is 10.2 Å². The molecule has 1 atom stereocenters. The van der Waals surface area contributed by atoms with Crippen molar-refractivity contribution in [1.29, 1.82) is 0 Å². The first-order valence-electron chi connectivity index (χ1n) is 7.45. The van der Waals surface area contributed by atoms with Crippen LogP contribution in [0.15, 0.2) is 22.7 Å². The molecule has 3 nitrogen and oxygen atoms in total. The van der Waals surface area contributed by atoms with Crippen LogP contribution in [0.25, 0.3) is 0 Å². The van der Waals surface area contributed by atoms with E-state index >= 15 is 0 Å². The molecule has 5 heteroatoms. The number of halogens is 2. The van der Waals surface area contributed by atoms with Gasteiger partial charge >= 0.3 is 0 Å². The Hall–Kier alpha value is -0.940. The number of amides is 1. The summed E-state index contributed by atoms with van der Waals surface area (Å²) in [6.45, 7) is 6.73. The number of hydrogen-bond acceptors (Lipinski definition) is 2. The zero-order valence-corrected chi connectivity index (χ0v) is 14.1. The molecule has 0 spiro atoms. The van der Waals surface area contributed by atoms with Gasteiger partial charge in [-0.15, -0.1) is 0 Å². The Labute approximate surface area is 134 Å². The van der Waals surface area contributed by atoms with Crippen molar-refractivity contribution >= 4 is 21.8 Å². The standard InChI is InChI=1S/C16H22BrFN2O/c1-11(2)19-9-12-4-3-7-20(10-12)16(21)14-6-5-13(18)8-15(14)17/h5-6,8,11-12,19H,3-4,7,9-10H2,1-2H3. The second-order valence-electron chi connectivity index (χ2n) is 5.95. The third-order valence-corrected chi connectivity index (χ3v) is 4.44. The van der Waals surface area contributed by atoms with Crippen molar-refractivity contribution in [2.45, 2.75) is 32.7 Å². The minimum atomic E-state index is -0.337. The topological polar surface area (TPSA) is 32.3 Å². The highest BCUT2D eigenvalue weighted by atomic mass is 79.9. The minimum Gasteiger partial charge on any atom is -0.338 e. The predicted octanol–water partition coefficient (Wildman–Crippen LogP) is 3.44. The van der Waals surface area contributed by atoms with E-state index < -0.39 is 0 Å². The molecule has 1 aromatic rings. The molecule has 0 bridgehead atoms. The maximum absolute atomic E-state index is 13.1.